The first-order chi connectivity index (χ1) is 14.3. The third-order valence-corrected chi connectivity index (χ3v) is 10.6. The summed E-state index contributed by atoms with van der Waals surface area (Å²) in [6, 6.07) is 11.3. The molecule has 0 aliphatic rings. The van der Waals surface area contributed by atoms with Gasteiger partial charge >= 0.3 is 0 Å². The lowest BCUT2D eigenvalue weighted by Crippen LogP contribution is -2.45. The summed E-state index contributed by atoms with van der Waals surface area (Å²) in [5, 5.41) is 0. The van der Waals surface area contributed by atoms with Gasteiger partial charge in [-0.25, -0.2) is 0 Å². The van der Waals surface area contributed by atoms with Gasteiger partial charge in [0.1, 0.15) is 5.75 Å². The van der Waals surface area contributed by atoms with Crippen molar-refractivity contribution in [3.63, 3.8) is 0 Å². The van der Waals surface area contributed by atoms with E-state index in [-0.39, 0.29) is 17.9 Å². The average molecular weight is 436 g/mol. The highest BCUT2D eigenvalue weighted by Crippen LogP contribution is 2.30. The monoisotopic (exact) mass is 435 g/mol. The van der Waals surface area contributed by atoms with Crippen molar-refractivity contribution in [1.82, 2.24) is 4.90 Å². The maximum atomic E-state index is 10.9. The molecule has 0 spiro atoms. The Balaban J connectivity index is 2.84. The van der Waals surface area contributed by atoms with Crippen molar-refractivity contribution in [2.24, 2.45) is 11.8 Å². The van der Waals surface area contributed by atoms with Crippen LogP contribution < -0.4 is 4.74 Å². The predicted octanol–water partition coefficient (Wildman–Crippen LogP) is 5.48. The Morgan fingerprint density at radius 2 is 1.67 bits per heavy atom. The first-order valence-corrected chi connectivity index (χ1v) is 13.6. The van der Waals surface area contributed by atoms with Gasteiger partial charge in [0.2, 0.25) is 6.41 Å². The number of carbonyl (C=O) groups excluding carboxylic acids is 1. The van der Waals surface area contributed by atoms with Gasteiger partial charge in [-0.05, 0) is 35.8 Å². The molecule has 5 nitrogen and oxygen atoms in total. The topological polar surface area (TPSA) is 48.0 Å². The molecule has 170 valence electrons. The van der Waals surface area contributed by atoms with Gasteiger partial charge in [0, 0.05) is 25.1 Å². The molecule has 3 atom stereocenters. The molecule has 0 N–H and O–H groups in total. The molecule has 1 amide bonds. The summed E-state index contributed by atoms with van der Waals surface area (Å²) >= 11 is 0. The van der Waals surface area contributed by atoms with Crippen molar-refractivity contribution in [2.45, 2.75) is 65.5 Å². The summed E-state index contributed by atoms with van der Waals surface area (Å²) in [6.07, 6.45) is 4.76. The first kappa shape index (κ1) is 26.4. The quantitative estimate of drug-likeness (QED) is 0.270. The van der Waals surface area contributed by atoms with Crippen molar-refractivity contribution in [3.05, 3.63) is 42.1 Å². The van der Waals surface area contributed by atoms with Gasteiger partial charge in [-0.15, -0.1) is 0 Å². The average Bonchev–Trinajstić information content (AvgIpc) is 2.78. The zero-order chi connectivity index (χ0) is 22.6. The lowest BCUT2D eigenvalue weighted by atomic mass is 9.94. The normalized spacial score (nSPS) is 15.0. The van der Waals surface area contributed by atoms with E-state index < -0.39 is 8.32 Å². The third-order valence-electron chi connectivity index (χ3n) is 6.00. The van der Waals surface area contributed by atoms with E-state index in [2.05, 4.69) is 40.7 Å². The van der Waals surface area contributed by atoms with E-state index in [4.69, 9.17) is 13.9 Å². The van der Waals surface area contributed by atoms with Crippen LogP contribution in [-0.4, -0.2) is 46.5 Å². The molecular weight excluding hydrogens is 394 g/mol. The molecule has 1 aromatic carbocycles. The largest absolute Gasteiger partial charge is 0.497 e. The number of amides is 1. The number of rotatable bonds is 15. The van der Waals surface area contributed by atoms with Gasteiger partial charge in [-0.1, -0.05) is 52.8 Å². The molecule has 0 fully saturated rings. The Kier molecular flexibility index (Phi) is 12.0. The van der Waals surface area contributed by atoms with E-state index in [9.17, 15) is 4.79 Å². The maximum Gasteiger partial charge on any atom is 0.213 e. The number of benzene rings is 1. The van der Waals surface area contributed by atoms with Crippen LogP contribution in [0.1, 0.15) is 40.2 Å². The van der Waals surface area contributed by atoms with E-state index in [0.29, 0.717) is 13.2 Å². The van der Waals surface area contributed by atoms with Gasteiger partial charge in [0.05, 0.1) is 26.4 Å². The van der Waals surface area contributed by atoms with E-state index in [1.165, 1.54) is 4.90 Å². The molecule has 1 aromatic rings. The molecule has 0 aliphatic heterocycles. The lowest BCUT2D eigenvalue weighted by molar-refractivity contribution is -0.115. The van der Waals surface area contributed by atoms with Gasteiger partial charge < -0.3 is 18.8 Å². The second kappa shape index (κ2) is 13.6. The number of hydrogen-bond donors (Lipinski definition) is 0. The molecule has 0 heterocycles. The summed E-state index contributed by atoms with van der Waals surface area (Å²) < 4.78 is 18.2. The minimum atomic E-state index is -1.77. The van der Waals surface area contributed by atoms with E-state index in [0.717, 1.165) is 35.9 Å². The number of carbonyl (C=O) groups is 1. The van der Waals surface area contributed by atoms with Crippen molar-refractivity contribution in [1.29, 1.82) is 0 Å². The fourth-order valence-corrected chi connectivity index (χ4v) is 6.65. The fraction of sp³-hybridized carbons (Fsp3) is 0.625. The predicted molar refractivity (Wildman–Crippen MR) is 126 cm³/mol. The van der Waals surface area contributed by atoms with Gasteiger partial charge in [-0.2, -0.15) is 0 Å². The summed E-state index contributed by atoms with van der Waals surface area (Å²) in [5.74, 6) is 1.27. The Morgan fingerprint density at radius 3 is 2.17 bits per heavy atom. The second-order valence-electron chi connectivity index (χ2n) is 8.14. The molecule has 0 radical (unpaired) electrons. The van der Waals surface area contributed by atoms with Gasteiger partial charge in [0.25, 0.3) is 0 Å². The van der Waals surface area contributed by atoms with Gasteiger partial charge in [0.15, 0.2) is 8.32 Å². The molecule has 30 heavy (non-hydrogen) atoms. The zero-order valence-corrected chi connectivity index (χ0v) is 20.9. The zero-order valence-electron chi connectivity index (χ0n) is 19.9. The minimum Gasteiger partial charge on any atom is -0.497 e. The van der Waals surface area contributed by atoms with Crippen LogP contribution in [0.4, 0.5) is 0 Å². The molecule has 0 saturated carbocycles. The van der Waals surface area contributed by atoms with Crippen LogP contribution in [-0.2, 0) is 20.6 Å². The number of ether oxygens (including phenoxy) is 2. The van der Waals surface area contributed by atoms with Crippen LogP contribution in [0.5, 0.6) is 5.75 Å². The minimum absolute atomic E-state index is 0.0590. The van der Waals surface area contributed by atoms with Crippen molar-refractivity contribution >= 4 is 14.7 Å². The van der Waals surface area contributed by atoms with Crippen LogP contribution in [0, 0.1) is 11.8 Å². The summed E-state index contributed by atoms with van der Waals surface area (Å²) in [4.78, 5) is 12.5. The Bertz CT molecular complexity index is 622. The van der Waals surface area contributed by atoms with E-state index >= 15 is 0 Å². The SMILES string of the molecule is CC[Si](CC)(CC)O[C@H]([C@H](C)/C=C\N(C)C=O)[C@@H](C)COCc1ccc(OC)cc1. The summed E-state index contributed by atoms with van der Waals surface area (Å²) in [7, 11) is 1.64. The molecule has 1 rings (SSSR count). The molecule has 0 bridgehead atoms. The van der Waals surface area contributed by atoms with Crippen LogP contribution in [0.3, 0.4) is 0 Å². The van der Waals surface area contributed by atoms with Crippen molar-refractivity contribution in [2.75, 3.05) is 20.8 Å². The second-order valence-corrected chi connectivity index (χ2v) is 12.9. The highest BCUT2D eigenvalue weighted by molar-refractivity contribution is 6.73. The lowest BCUT2D eigenvalue weighted by Gasteiger charge is -2.38. The summed E-state index contributed by atoms with van der Waals surface area (Å²) in [6.45, 7) is 12.3. The van der Waals surface area contributed by atoms with Crippen molar-refractivity contribution in [3.8, 4) is 5.75 Å². The van der Waals surface area contributed by atoms with Crippen LogP contribution in [0.25, 0.3) is 0 Å². The van der Waals surface area contributed by atoms with Crippen LogP contribution in [0.2, 0.25) is 18.1 Å². The Morgan fingerprint density at radius 1 is 1.07 bits per heavy atom. The number of methoxy groups -OCH3 is 1. The Hall–Kier alpha value is -1.63. The molecular formula is C24H41NO4Si. The molecule has 0 saturated heterocycles. The van der Waals surface area contributed by atoms with E-state index in [1.54, 1.807) is 14.2 Å². The summed E-state index contributed by atoms with van der Waals surface area (Å²) in [5.41, 5.74) is 1.13. The molecule has 6 heteroatoms. The fourth-order valence-electron chi connectivity index (χ4n) is 3.63. The highest BCUT2D eigenvalue weighted by atomic mass is 28.4. The third kappa shape index (κ3) is 8.24. The first-order valence-electron chi connectivity index (χ1n) is 11.1. The smallest absolute Gasteiger partial charge is 0.213 e. The van der Waals surface area contributed by atoms with Crippen molar-refractivity contribution < 1.29 is 18.7 Å². The molecule has 0 aliphatic carbocycles. The standard InChI is InChI=1S/C24H41NO4Si/c1-8-30(9-2,10-3)29-24(20(4)15-16-25(6)19-26)21(5)17-28-18-22-11-13-23(27-7)14-12-22/h11-16,19-21,24H,8-10,17-18H2,1-7H3/b16-15-/t20-,21+,24-/m1/s1. The molecule has 0 unspecified atom stereocenters. The maximum absolute atomic E-state index is 10.9. The number of hydrogen-bond acceptors (Lipinski definition) is 4. The number of nitrogens with zero attached hydrogens (tertiary/aromatic N) is 1. The van der Waals surface area contributed by atoms with Gasteiger partial charge in [-0.3, -0.25) is 4.79 Å². The van der Waals surface area contributed by atoms with Crippen LogP contribution in [0.15, 0.2) is 36.5 Å². The molecule has 0 aromatic heterocycles. The van der Waals surface area contributed by atoms with Crippen LogP contribution >= 0.6 is 0 Å². The Labute approximate surface area is 184 Å². The van der Waals surface area contributed by atoms with E-state index in [1.807, 2.05) is 30.5 Å². The highest BCUT2D eigenvalue weighted by Gasteiger charge is 2.35.